The fraction of sp³-hybridized carbons (Fsp3) is 0.182. The Morgan fingerprint density at radius 1 is 1.13 bits per heavy atom. The predicted molar refractivity (Wildman–Crippen MR) is 55.6 cm³/mol. The fourth-order valence-electron chi connectivity index (χ4n) is 1.52. The zero-order valence-corrected chi connectivity index (χ0v) is 8.44. The second-order valence-electron chi connectivity index (χ2n) is 2.97. The highest BCUT2D eigenvalue weighted by Gasteiger charge is 2.12. The molecule has 78 valence electrons. The first-order valence-corrected chi connectivity index (χ1v) is 4.40. The lowest BCUT2D eigenvalue weighted by Gasteiger charge is -2.08. The molecule has 0 saturated carbocycles. The molecule has 15 heavy (non-hydrogen) atoms. The van der Waals surface area contributed by atoms with Gasteiger partial charge in [-0.05, 0) is 17.5 Å². The largest absolute Gasteiger partial charge is 0.493 e. The molecule has 0 fully saturated rings. The second kappa shape index (κ2) is 3.65. The molecule has 0 radical (unpaired) electrons. The molecule has 0 N–H and O–H groups in total. The molecule has 0 saturated heterocycles. The van der Waals surface area contributed by atoms with Crippen LogP contribution >= 0.6 is 0 Å². The maximum Gasteiger partial charge on any atom is 0.347 e. The van der Waals surface area contributed by atoms with Gasteiger partial charge in [-0.15, -0.1) is 0 Å². The average molecular weight is 206 g/mol. The third-order valence-electron chi connectivity index (χ3n) is 2.20. The smallest absolute Gasteiger partial charge is 0.347 e. The van der Waals surface area contributed by atoms with Gasteiger partial charge in [0.2, 0.25) is 0 Å². The van der Waals surface area contributed by atoms with Crippen molar-refractivity contribution in [3.8, 4) is 11.5 Å². The van der Waals surface area contributed by atoms with Crippen molar-refractivity contribution in [3.05, 3.63) is 34.9 Å². The third-order valence-corrected chi connectivity index (χ3v) is 2.20. The van der Waals surface area contributed by atoms with Crippen molar-refractivity contribution in [2.45, 2.75) is 0 Å². The lowest BCUT2D eigenvalue weighted by atomic mass is 10.1. The zero-order valence-electron chi connectivity index (χ0n) is 8.44. The highest BCUT2D eigenvalue weighted by molar-refractivity contribution is 5.89. The molecule has 1 aromatic carbocycles. The van der Waals surface area contributed by atoms with Gasteiger partial charge in [0.15, 0.2) is 11.5 Å². The number of hydrogen-bond acceptors (Lipinski definition) is 4. The number of benzene rings is 1. The first kappa shape index (κ1) is 9.58. The van der Waals surface area contributed by atoms with Gasteiger partial charge in [0.05, 0.1) is 20.5 Å². The molecule has 0 aliphatic heterocycles. The molecule has 4 nitrogen and oxygen atoms in total. The van der Waals surface area contributed by atoms with E-state index >= 15 is 0 Å². The Morgan fingerprint density at radius 3 is 2.60 bits per heavy atom. The maximum atomic E-state index is 11.5. The van der Waals surface area contributed by atoms with E-state index in [1.54, 1.807) is 18.2 Å². The minimum Gasteiger partial charge on any atom is -0.493 e. The van der Waals surface area contributed by atoms with Crippen LogP contribution in [0.15, 0.2) is 33.7 Å². The standard InChI is InChI=1S/C11H10O4/c1-13-8-4-3-7-5-6-15-11(12)9(7)10(8)14-2/h3-6H,1-2H3. The summed E-state index contributed by atoms with van der Waals surface area (Å²) >= 11 is 0. The van der Waals surface area contributed by atoms with Gasteiger partial charge < -0.3 is 13.9 Å². The average Bonchev–Trinajstić information content (AvgIpc) is 2.28. The van der Waals surface area contributed by atoms with Gasteiger partial charge >= 0.3 is 5.63 Å². The highest BCUT2D eigenvalue weighted by atomic mass is 16.5. The molecule has 0 aliphatic carbocycles. The van der Waals surface area contributed by atoms with Crippen molar-refractivity contribution in [1.82, 2.24) is 0 Å². The SMILES string of the molecule is COc1ccc2ccoc(=O)c2c1OC. The van der Waals surface area contributed by atoms with E-state index in [1.165, 1.54) is 20.5 Å². The first-order chi connectivity index (χ1) is 7.27. The molecule has 2 rings (SSSR count). The van der Waals surface area contributed by atoms with Crippen LogP contribution in [-0.4, -0.2) is 14.2 Å². The number of hydrogen-bond donors (Lipinski definition) is 0. The monoisotopic (exact) mass is 206 g/mol. The Hall–Kier alpha value is -1.97. The minimum absolute atomic E-state index is 0.402. The van der Waals surface area contributed by atoms with Gasteiger partial charge in [0, 0.05) is 0 Å². The normalized spacial score (nSPS) is 10.3. The van der Waals surface area contributed by atoms with E-state index in [0.29, 0.717) is 16.9 Å². The topological polar surface area (TPSA) is 48.7 Å². The summed E-state index contributed by atoms with van der Waals surface area (Å²) in [5, 5.41) is 1.17. The maximum absolute atomic E-state index is 11.5. The number of rotatable bonds is 2. The third kappa shape index (κ3) is 1.44. The number of methoxy groups -OCH3 is 2. The van der Waals surface area contributed by atoms with E-state index in [-0.39, 0.29) is 0 Å². The molecule has 1 aromatic heterocycles. The quantitative estimate of drug-likeness (QED) is 0.751. The molecule has 0 bridgehead atoms. The fourth-order valence-corrected chi connectivity index (χ4v) is 1.52. The second-order valence-corrected chi connectivity index (χ2v) is 2.97. The Bertz CT molecular complexity index is 542. The van der Waals surface area contributed by atoms with Crippen molar-refractivity contribution in [3.63, 3.8) is 0 Å². The van der Waals surface area contributed by atoms with Gasteiger partial charge in [-0.1, -0.05) is 6.07 Å². The summed E-state index contributed by atoms with van der Waals surface area (Å²) in [7, 11) is 3.01. The summed E-state index contributed by atoms with van der Waals surface area (Å²) in [6.07, 6.45) is 1.36. The first-order valence-electron chi connectivity index (χ1n) is 4.40. The Labute approximate surface area is 86.0 Å². The van der Waals surface area contributed by atoms with Crippen LogP contribution in [0.4, 0.5) is 0 Å². The van der Waals surface area contributed by atoms with Crippen LogP contribution in [0.25, 0.3) is 10.8 Å². The summed E-state index contributed by atoms with van der Waals surface area (Å²) in [6.45, 7) is 0. The molecule has 0 atom stereocenters. The molecule has 4 heteroatoms. The highest BCUT2D eigenvalue weighted by Crippen LogP contribution is 2.32. The van der Waals surface area contributed by atoms with E-state index in [4.69, 9.17) is 13.9 Å². The summed E-state index contributed by atoms with van der Waals surface area (Å²) in [4.78, 5) is 11.5. The van der Waals surface area contributed by atoms with Crippen LogP contribution in [0.5, 0.6) is 11.5 Å². The zero-order chi connectivity index (χ0) is 10.8. The van der Waals surface area contributed by atoms with Crippen molar-refractivity contribution < 1.29 is 13.9 Å². The van der Waals surface area contributed by atoms with Crippen LogP contribution in [0.1, 0.15) is 0 Å². The van der Waals surface area contributed by atoms with E-state index in [0.717, 1.165) is 5.39 Å². The van der Waals surface area contributed by atoms with Crippen LogP contribution in [0.2, 0.25) is 0 Å². The van der Waals surface area contributed by atoms with Crippen molar-refractivity contribution >= 4 is 10.8 Å². The van der Waals surface area contributed by atoms with E-state index < -0.39 is 5.63 Å². The van der Waals surface area contributed by atoms with Gasteiger partial charge in [-0.2, -0.15) is 0 Å². The summed E-state index contributed by atoms with van der Waals surface area (Å²) in [5.74, 6) is 0.924. The lowest BCUT2D eigenvalue weighted by Crippen LogP contribution is -2.02. The van der Waals surface area contributed by atoms with Gasteiger partial charge in [-0.25, -0.2) is 4.79 Å². The van der Waals surface area contributed by atoms with Gasteiger partial charge in [0.1, 0.15) is 5.39 Å². The van der Waals surface area contributed by atoms with Crippen molar-refractivity contribution in [1.29, 1.82) is 0 Å². The molecular formula is C11H10O4. The number of fused-ring (bicyclic) bond motifs is 1. The van der Waals surface area contributed by atoms with Crippen LogP contribution in [0.3, 0.4) is 0 Å². The van der Waals surface area contributed by atoms with E-state index in [2.05, 4.69) is 0 Å². The van der Waals surface area contributed by atoms with Crippen LogP contribution < -0.4 is 15.1 Å². The van der Waals surface area contributed by atoms with Crippen LogP contribution in [-0.2, 0) is 0 Å². The van der Waals surface area contributed by atoms with Crippen molar-refractivity contribution in [2.75, 3.05) is 14.2 Å². The molecule has 0 aliphatic rings. The molecule has 0 spiro atoms. The minimum atomic E-state index is -0.428. The molecule has 0 unspecified atom stereocenters. The molecule has 1 heterocycles. The van der Waals surface area contributed by atoms with Gasteiger partial charge in [0.25, 0.3) is 0 Å². The molecule has 0 amide bonds. The lowest BCUT2D eigenvalue weighted by molar-refractivity contribution is 0.357. The number of ether oxygens (including phenoxy) is 2. The summed E-state index contributed by atoms with van der Waals surface area (Å²) < 4.78 is 15.0. The van der Waals surface area contributed by atoms with E-state index in [1.807, 2.05) is 0 Å². The predicted octanol–water partition coefficient (Wildman–Crippen LogP) is 1.81. The van der Waals surface area contributed by atoms with Gasteiger partial charge in [-0.3, -0.25) is 0 Å². The van der Waals surface area contributed by atoms with Crippen LogP contribution in [0, 0.1) is 0 Å². The van der Waals surface area contributed by atoms with E-state index in [9.17, 15) is 4.79 Å². The van der Waals surface area contributed by atoms with Crippen molar-refractivity contribution in [2.24, 2.45) is 0 Å². The molecular weight excluding hydrogens is 196 g/mol. The Balaban J connectivity index is 2.91. The summed E-state index contributed by atoms with van der Waals surface area (Å²) in [6, 6.07) is 5.24. The summed E-state index contributed by atoms with van der Waals surface area (Å²) in [5.41, 5.74) is -0.428. The Morgan fingerprint density at radius 2 is 1.93 bits per heavy atom. The molecule has 2 aromatic rings. The Kier molecular flexibility index (Phi) is 2.33.